The number of nitrogens with zero attached hydrogens (tertiary/aromatic N) is 1. The monoisotopic (exact) mass is 357 g/mol. The van der Waals surface area contributed by atoms with E-state index < -0.39 is 12.1 Å². The highest BCUT2D eigenvalue weighted by molar-refractivity contribution is 5.92. The van der Waals surface area contributed by atoms with Crippen LogP contribution in [-0.4, -0.2) is 46.8 Å². The number of aromatic nitrogens is 1. The average molecular weight is 357 g/mol. The molecule has 2 rings (SSSR count). The van der Waals surface area contributed by atoms with Crippen LogP contribution >= 0.6 is 0 Å². The van der Waals surface area contributed by atoms with Gasteiger partial charge in [0.15, 0.2) is 0 Å². The standard InChI is InChI=1S/C14H17N3O.C2HF3O2/c1-3-11-4-5-12(16-10-11)13(18)17-14(2)6-8-15-9-7-14;3-2(4,5)1(6)7/h1,4-5,10,15H,6-9H2,2H3,(H,17,18);(H,6,7). The van der Waals surface area contributed by atoms with Gasteiger partial charge in [0.2, 0.25) is 0 Å². The Balaban J connectivity index is 0.000000381. The molecular formula is C16H18F3N3O3. The highest BCUT2D eigenvalue weighted by Crippen LogP contribution is 2.17. The van der Waals surface area contributed by atoms with Gasteiger partial charge < -0.3 is 15.7 Å². The molecule has 1 aromatic heterocycles. The lowest BCUT2D eigenvalue weighted by Gasteiger charge is -2.34. The highest BCUT2D eigenvalue weighted by atomic mass is 19.4. The number of aliphatic carboxylic acids is 1. The second-order valence-corrected chi connectivity index (χ2v) is 5.64. The second-order valence-electron chi connectivity index (χ2n) is 5.64. The van der Waals surface area contributed by atoms with Crippen LogP contribution in [0.4, 0.5) is 13.2 Å². The van der Waals surface area contributed by atoms with Crippen LogP contribution in [0.15, 0.2) is 18.3 Å². The Kier molecular flexibility index (Phi) is 6.94. The lowest BCUT2D eigenvalue weighted by molar-refractivity contribution is -0.192. The van der Waals surface area contributed by atoms with E-state index in [1.807, 2.05) is 0 Å². The summed E-state index contributed by atoms with van der Waals surface area (Å²) >= 11 is 0. The van der Waals surface area contributed by atoms with Gasteiger partial charge in [0.25, 0.3) is 5.91 Å². The molecule has 1 fully saturated rings. The van der Waals surface area contributed by atoms with Gasteiger partial charge in [-0.15, -0.1) is 6.42 Å². The highest BCUT2D eigenvalue weighted by Gasteiger charge is 2.38. The summed E-state index contributed by atoms with van der Waals surface area (Å²) in [5.41, 5.74) is 0.947. The van der Waals surface area contributed by atoms with Gasteiger partial charge >= 0.3 is 12.1 Å². The lowest BCUT2D eigenvalue weighted by Crippen LogP contribution is -2.52. The molecule has 25 heavy (non-hydrogen) atoms. The van der Waals surface area contributed by atoms with Gasteiger partial charge in [-0.25, -0.2) is 9.78 Å². The maximum Gasteiger partial charge on any atom is 0.490 e. The number of nitrogens with one attached hydrogen (secondary N) is 2. The van der Waals surface area contributed by atoms with E-state index in [9.17, 15) is 18.0 Å². The summed E-state index contributed by atoms with van der Waals surface area (Å²) in [4.78, 5) is 25.0. The van der Waals surface area contributed by atoms with Crippen LogP contribution in [0.2, 0.25) is 0 Å². The van der Waals surface area contributed by atoms with Crippen LogP contribution in [-0.2, 0) is 4.79 Å². The van der Waals surface area contributed by atoms with Crippen LogP contribution in [0.25, 0.3) is 0 Å². The molecule has 0 saturated carbocycles. The molecule has 0 spiro atoms. The van der Waals surface area contributed by atoms with Crippen molar-refractivity contribution in [2.75, 3.05) is 13.1 Å². The molecule has 0 atom stereocenters. The molecule has 0 aliphatic carbocycles. The van der Waals surface area contributed by atoms with Crippen molar-refractivity contribution < 1.29 is 27.9 Å². The molecule has 6 nitrogen and oxygen atoms in total. The average Bonchev–Trinajstić information content (AvgIpc) is 2.55. The number of rotatable bonds is 2. The van der Waals surface area contributed by atoms with Crippen molar-refractivity contribution in [1.29, 1.82) is 0 Å². The van der Waals surface area contributed by atoms with E-state index >= 15 is 0 Å². The Morgan fingerprint density at radius 2 is 1.92 bits per heavy atom. The number of terminal acetylenes is 1. The minimum absolute atomic E-state index is 0.136. The molecule has 1 aliphatic rings. The quantitative estimate of drug-likeness (QED) is 0.699. The second kappa shape index (κ2) is 8.48. The van der Waals surface area contributed by atoms with E-state index in [4.69, 9.17) is 16.3 Å². The first-order valence-corrected chi connectivity index (χ1v) is 7.33. The molecule has 3 N–H and O–H groups in total. The number of amides is 1. The van der Waals surface area contributed by atoms with Crippen LogP contribution in [0.1, 0.15) is 35.8 Å². The number of hydrogen-bond donors (Lipinski definition) is 3. The molecule has 0 radical (unpaired) electrons. The molecule has 136 valence electrons. The molecule has 0 bridgehead atoms. The van der Waals surface area contributed by atoms with Gasteiger partial charge in [0.1, 0.15) is 5.69 Å². The minimum atomic E-state index is -5.08. The van der Waals surface area contributed by atoms with Crippen molar-refractivity contribution in [1.82, 2.24) is 15.6 Å². The Morgan fingerprint density at radius 3 is 2.32 bits per heavy atom. The van der Waals surface area contributed by atoms with Crippen LogP contribution < -0.4 is 10.6 Å². The smallest absolute Gasteiger partial charge is 0.475 e. The largest absolute Gasteiger partial charge is 0.490 e. The third kappa shape index (κ3) is 6.81. The van der Waals surface area contributed by atoms with Gasteiger partial charge in [-0.3, -0.25) is 4.79 Å². The van der Waals surface area contributed by atoms with Crippen molar-refractivity contribution in [2.45, 2.75) is 31.5 Å². The van der Waals surface area contributed by atoms with Gasteiger partial charge in [0.05, 0.1) is 0 Å². The summed E-state index contributed by atoms with van der Waals surface area (Å²) in [5.74, 6) is -0.414. The molecule has 1 saturated heterocycles. The summed E-state index contributed by atoms with van der Waals surface area (Å²) in [6.45, 7) is 3.93. The number of carbonyl (C=O) groups excluding carboxylic acids is 1. The number of carboxylic acids is 1. The van der Waals surface area contributed by atoms with Gasteiger partial charge in [-0.05, 0) is 45.0 Å². The normalized spacial score (nSPS) is 16.0. The van der Waals surface area contributed by atoms with E-state index in [0.717, 1.165) is 25.9 Å². The summed E-state index contributed by atoms with van der Waals surface area (Å²) in [6.07, 6.45) is 3.57. The van der Waals surface area contributed by atoms with Crippen molar-refractivity contribution in [2.24, 2.45) is 0 Å². The lowest BCUT2D eigenvalue weighted by atomic mass is 9.90. The van der Waals surface area contributed by atoms with E-state index in [2.05, 4.69) is 28.5 Å². The van der Waals surface area contributed by atoms with Crippen molar-refractivity contribution in [3.05, 3.63) is 29.6 Å². The van der Waals surface area contributed by atoms with Crippen LogP contribution in [0.5, 0.6) is 0 Å². The van der Waals surface area contributed by atoms with E-state index in [1.165, 1.54) is 0 Å². The fourth-order valence-corrected chi connectivity index (χ4v) is 2.06. The van der Waals surface area contributed by atoms with Crippen molar-refractivity contribution >= 4 is 11.9 Å². The van der Waals surface area contributed by atoms with Crippen molar-refractivity contribution in [3.8, 4) is 12.3 Å². The molecule has 0 aromatic carbocycles. The number of piperidine rings is 1. The number of carboxylic acid groups (broad SMARTS) is 1. The Morgan fingerprint density at radius 1 is 1.36 bits per heavy atom. The van der Waals surface area contributed by atoms with Gasteiger partial charge in [0, 0.05) is 17.3 Å². The zero-order chi connectivity index (χ0) is 19.1. The van der Waals surface area contributed by atoms with E-state index in [0.29, 0.717) is 11.3 Å². The zero-order valence-electron chi connectivity index (χ0n) is 13.5. The maximum absolute atomic E-state index is 12.1. The first kappa shape index (κ1) is 20.4. The first-order chi connectivity index (χ1) is 11.6. The number of halogens is 3. The molecule has 1 aliphatic heterocycles. The fourth-order valence-electron chi connectivity index (χ4n) is 2.06. The third-order valence-corrected chi connectivity index (χ3v) is 3.53. The number of carbonyl (C=O) groups is 2. The Labute approximate surface area is 142 Å². The van der Waals surface area contributed by atoms with Crippen molar-refractivity contribution in [3.63, 3.8) is 0 Å². The molecule has 2 heterocycles. The predicted molar refractivity (Wildman–Crippen MR) is 83.8 cm³/mol. The summed E-state index contributed by atoms with van der Waals surface area (Å²) in [7, 11) is 0. The molecule has 1 aromatic rings. The topological polar surface area (TPSA) is 91.3 Å². The molecular weight excluding hydrogens is 339 g/mol. The van der Waals surface area contributed by atoms with Gasteiger partial charge in [-0.1, -0.05) is 5.92 Å². The first-order valence-electron chi connectivity index (χ1n) is 7.33. The molecule has 9 heteroatoms. The zero-order valence-corrected chi connectivity index (χ0v) is 13.5. The van der Waals surface area contributed by atoms with Crippen LogP contribution in [0.3, 0.4) is 0 Å². The number of hydrogen-bond acceptors (Lipinski definition) is 4. The minimum Gasteiger partial charge on any atom is -0.475 e. The fraction of sp³-hybridized carbons (Fsp3) is 0.438. The van der Waals surface area contributed by atoms with E-state index in [-0.39, 0.29) is 11.4 Å². The Hall–Kier alpha value is -2.60. The SMILES string of the molecule is C#Cc1ccc(C(=O)NC2(C)CCNCC2)nc1.O=C(O)C(F)(F)F. The predicted octanol–water partition coefficient (Wildman–Crippen LogP) is 1.57. The molecule has 1 amide bonds. The maximum atomic E-state index is 12.1. The summed E-state index contributed by atoms with van der Waals surface area (Å²) in [6, 6.07) is 3.39. The summed E-state index contributed by atoms with van der Waals surface area (Å²) < 4.78 is 31.7. The Bertz CT molecular complexity index is 645. The molecule has 0 unspecified atom stereocenters. The number of alkyl halides is 3. The number of pyridine rings is 1. The van der Waals surface area contributed by atoms with E-state index in [1.54, 1.807) is 18.3 Å². The summed E-state index contributed by atoms with van der Waals surface area (Å²) in [5, 5.41) is 13.5. The van der Waals surface area contributed by atoms with Gasteiger partial charge in [-0.2, -0.15) is 13.2 Å². The van der Waals surface area contributed by atoms with Crippen LogP contribution in [0, 0.1) is 12.3 Å². The third-order valence-electron chi connectivity index (χ3n) is 3.53.